The van der Waals surface area contributed by atoms with Crippen LogP contribution in [-0.4, -0.2) is 27.9 Å². The van der Waals surface area contributed by atoms with Gasteiger partial charge in [-0.1, -0.05) is 0 Å². The molecule has 2 heterocycles. The highest BCUT2D eigenvalue weighted by Crippen LogP contribution is 2.09. The van der Waals surface area contributed by atoms with Crippen LogP contribution >= 0.6 is 11.3 Å². The average Bonchev–Trinajstić information content (AvgIpc) is 2.93. The summed E-state index contributed by atoms with van der Waals surface area (Å²) in [5.74, 6) is 0. The third kappa shape index (κ3) is 3.63. The van der Waals surface area contributed by atoms with E-state index in [0.29, 0.717) is 0 Å². The topological polar surface area (TPSA) is 68.8 Å². The van der Waals surface area contributed by atoms with Crippen LogP contribution in [0.1, 0.15) is 22.3 Å². The highest BCUT2D eigenvalue weighted by Gasteiger charge is 2.07. The van der Waals surface area contributed by atoms with Gasteiger partial charge < -0.3 is 11.1 Å². The van der Waals surface area contributed by atoms with Crippen molar-refractivity contribution < 1.29 is 0 Å². The molecule has 98 valence electrons. The maximum Gasteiger partial charge on any atom is 0.0940 e. The molecule has 0 aliphatic rings. The van der Waals surface area contributed by atoms with Crippen molar-refractivity contribution in [1.29, 1.82) is 0 Å². The van der Waals surface area contributed by atoms with E-state index >= 15 is 0 Å². The summed E-state index contributed by atoms with van der Waals surface area (Å²) in [6.07, 6.45) is 4.73. The quantitative estimate of drug-likeness (QED) is 0.765. The number of thiazole rings is 1. The second-order valence-corrected chi connectivity index (χ2v) is 5.33. The Hall–Kier alpha value is -1.24. The number of hydrogen-bond acceptors (Lipinski definition) is 5. The summed E-state index contributed by atoms with van der Waals surface area (Å²) < 4.78 is 1.77. The van der Waals surface area contributed by atoms with Gasteiger partial charge in [-0.25, -0.2) is 4.98 Å². The molecule has 3 N–H and O–H groups in total. The number of nitrogens with one attached hydrogen (secondary N) is 1. The van der Waals surface area contributed by atoms with Crippen LogP contribution in [0.3, 0.4) is 0 Å². The second kappa shape index (κ2) is 6.08. The highest BCUT2D eigenvalue weighted by atomic mass is 32.1. The van der Waals surface area contributed by atoms with Crippen LogP contribution in [0.25, 0.3) is 0 Å². The molecule has 0 amide bonds. The van der Waals surface area contributed by atoms with E-state index in [0.717, 1.165) is 30.8 Å². The molecule has 2 aromatic rings. The third-order valence-corrected chi connectivity index (χ3v) is 3.73. The number of aryl methyl sites for hydroxylation is 2. The number of aromatic nitrogens is 3. The van der Waals surface area contributed by atoms with E-state index in [4.69, 9.17) is 5.73 Å². The summed E-state index contributed by atoms with van der Waals surface area (Å²) >= 11 is 1.71. The Morgan fingerprint density at radius 3 is 3.00 bits per heavy atom. The molecule has 0 spiro atoms. The van der Waals surface area contributed by atoms with E-state index in [1.807, 2.05) is 26.4 Å². The van der Waals surface area contributed by atoms with Gasteiger partial charge >= 0.3 is 0 Å². The fraction of sp³-hybridized carbons (Fsp3) is 0.500. The molecule has 1 atom stereocenters. The number of nitrogens with two attached hydrogens (primary N) is 1. The fourth-order valence-electron chi connectivity index (χ4n) is 1.72. The molecule has 0 saturated heterocycles. The monoisotopic (exact) mass is 265 g/mol. The van der Waals surface area contributed by atoms with E-state index in [-0.39, 0.29) is 6.04 Å². The third-order valence-electron chi connectivity index (χ3n) is 2.70. The van der Waals surface area contributed by atoms with Gasteiger partial charge in [0.25, 0.3) is 0 Å². The first kappa shape index (κ1) is 13.2. The standard InChI is InChI=1S/C12H19N5S/c1-9-8-18-12(16-9)3-4-14-6-11(13)10-5-15-17(2)7-10/h5,7-8,11,14H,3-4,6,13H2,1-2H3. The van der Waals surface area contributed by atoms with Gasteiger partial charge in [-0.15, -0.1) is 11.3 Å². The van der Waals surface area contributed by atoms with Crippen molar-refractivity contribution >= 4 is 11.3 Å². The molecule has 0 radical (unpaired) electrons. The first-order valence-electron chi connectivity index (χ1n) is 6.01. The Labute approximate surface area is 111 Å². The zero-order valence-electron chi connectivity index (χ0n) is 10.8. The lowest BCUT2D eigenvalue weighted by molar-refractivity contribution is 0.597. The highest BCUT2D eigenvalue weighted by molar-refractivity contribution is 7.09. The maximum atomic E-state index is 6.06. The minimum absolute atomic E-state index is 0.00303. The van der Waals surface area contributed by atoms with Crippen molar-refractivity contribution in [2.24, 2.45) is 12.8 Å². The molecule has 0 aliphatic carbocycles. The van der Waals surface area contributed by atoms with Crippen molar-refractivity contribution in [3.63, 3.8) is 0 Å². The van der Waals surface area contributed by atoms with Crippen LogP contribution < -0.4 is 11.1 Å². The molecule has 2 aromatic heterocycles. The van der Waals surface area contributed by atoms with Gasteiger partial charge in [0.2, 0.25) is 0 Å². The smallest absolute Gasteiger partial charge is 0.0940 e. The molecule has 0 aliphatic heterocycles. The van der Waals surface area contributed by atoms with Crippen molar-refractivity contribution in [2.45, 2.75) is 19.4 Å². The number of nitrogens with zero attached hydrogens (tertiary/aromatic N) is 3. The lowest BCUT2D eigenvalue weighted by Gasteiger charge is -2.10. The molecule has 0 bridgehead atoms. The van der Waals surface area contributed by atoms with Crippen molar-refractivity contribution in [1.82, 2.24) is 20.1 Å². The predicted octanol–water partition coefficient (Wildman–Crippen LogP) is 1.02. The van der Waals surface area contributed by atoms with Gasteiger partial charge in [0.15, 0.2) is 0 Å². The lowest BCUT2D eigenvalue weighted by Crippen LogP contribution is -2.28. The SMILES string of the molecule is Cc1csc(CCNCC(N)c2cnn(C)c2)n1. The summed E-state index contributed by atoms with van der Waals surface area (Å²) in [4.78, 5) is 4.42. The van der Waals surface area contributed by atoms with E-state index < -0.39 is 0 Å². The molecule has 5 nitrogen and oxygen atoms in total. The molecule has 0 saturated carbocycles. The van der Waals surface area contributed by atoms with E-state index in [1.165, 1.54) is 5.01 Å². The normalized spacial score (nSPS) is 12.8. The van der Waals surface area contributed by atoms with Crippen molar-refractivity contribution in [3.8, 4) is 0 Å². The van der Waals surface area contributed by atoms with Crippen LogP contribution in [0.5, 0.6) is 0 Å². The molecule has 1 unspecified atom stereocenters. The molecule has 2 rings (SSSR count). The van der Waals surface area contributed by atoms with Crippen LogP contribution in [0.4, 0.5) is 0 Å². The summed E-state index contributed by atoms with van der Waals surface area (Å²) in [6.45, 7) is 3.68. The second-order valence-electron chi connectivity index (χ2n) is 4.39. The Morgan fingerprint density at radius 1 is 1.56 bits per heavy atom. The average molecular weight is 265 g/mol. The number of rotatable bonds is 6. The lowest BCUT2D eigenvalue weighted by atomic mass is 10.2. The predicted molar refractivity (Wildman–Crippen MR) is 73.6 cm³/mol. The molecule has 18 heavy (non-hydrogen) atoms. The molecule has 6 heteroatoms. The van der Waals surface area contributed by atoms with Crippen LogP contribution in [-0.2, 0) is 13.5 Å². The molecule has 0 fully saturated rings. The minimum atomic E-state index is -0.00303. The zero-order chi connectivity index (χ0) is 13.0. The van der Waals surface area contributed by atoms with Crippen molar-refractivity contribution in [3.05, 3.63) is 34.0 Å². The molecular formula is C12H19N5S. The number of hydrogen-bond donors (Lipinski definition) is 2. The van der Waals surface area contributed by atoms with Crippen LogP contribution in [0.2, 0.25) is 0 Å². The minimum Gasteiger partial charge on any atom is -0.323 e. The van der Waals surface area contributed by atoms with E-state index in [9.17, 15) is 0 Å². The van der Waals surface area contributed by atoms with Gasteiger partial charge in [0, 0.05) is 55.4 Å². The first-order valence-corrected chi connectivity index (χ1v) is 6.89. The zero-order valence-corrected chi connectivity index (χ0v) is 11.6. The first-order chi connectivity index (χ1) is 8.65. The largest absolute Gasteiger partial charge is 0.323 e. The maximum absolute atomic E-state index is 6.06. The Morgan fingerprint density at radius 2 is 2.39 bits per heavy atom. The van der Waals surface area contributed by atoms with Gasteiger partial charge in [-0.3, -0.25) is 4.68 Å². The summed E-state index contributed by atoms with van der Waals surface area (Å²) in [5.41, 5.74) is 8.23. The summed E-state index contributed by atoms with van der Waals surface area (Å²) in [5, 5.41) is 10.7. The van der Waals surface area contributed by atoms with Gasteiger partial charge in [-0.2, -0.15) is 5.10 Å². The van der Waals surface area contributed by atoms with Gasteiger partial charge in [0.05, 0.1) is 11.2 Å². The van der Waals surface area contributed by atoms with Crippen LogP contribution in [0.15, 0.2) is 17.8 Å². The Balaban J connectivity index is 1.69. The Kier molecular flexibility index (Phi) is 4.46. The Bertz CT molecular complexity index is 490. The summed E-state index contributed by atoms with van der Waals surface area (Å²) in [6, 6.07) is -0.00303. The molecule has 0 aromatic carbocycles. The van der Waals surface area contributed by atoms with E-state index in [2.05, 4.69) is 20.8 Å². The fourth-order valence-corrected chi connectivity index (χ4v) is 2.50. The van der Waals surface area contributed by atoms with Crippen molar-refractivity contribution in [2.75, 3.05) is 13.1 Å². The summed E-state index contributed by atoms with van der Waals surface area (Å²) in [7, 11) is 1.90. The van der Waals surface area contributed by atoms with Gasteiger partial charge in [-0.05, 0) is 6.92 Å². The van der Waals surface area contributed by atoms with E-state index in [1.54, 1.807) is 16.0 Å². The molecular weight excluding hydrogens is 246 g/mol. The van der Waals surface area contributed by atoms with Gasteiger partial charge in [0.1, 0.15) is 0 Å². The van der Waals surface area contributed by atoms with Crippen LogP contribution in [0, 0.1) is 6.92 Å².